The van der Waals surface area contributed by atoms with Gasteiger partial charge in [0.15, 0.2) is 0 Å². The van der Waals surface area contributed by atoms with Crippen molar-refractivity contribution in [2.45, 2.75) is 35.5 Å². The highest BCUT2D eigenvalue weighted by Crippen LogP contribution is 2.34. The van der Waals surface area contributed by atoms with Gasteiger partial charge < -0.3 is 10.6 Å². The molecule has 31 heavy (non-hydrogen) atoms. The quantitative estimate of drug-likeness (QED) is 0.670. The maximum atomic E-state index is 13.3. The van der Waals surface area contributed by atoms with Crippen molar-refractivity contribution in [3.63, 3.8) is 0 Å². The lowest BCUT2D eigenvalue weighted by molar-refractivity contribution is -0.115. The molecule has 0 unspecified atom stereocenters. The molecule has 9 heteroatoms. The molecule has 1 fully saturated rings. The third-order valence-corrected chi connectivity index (χ3v) is 8.62. The smallest absolute Gasteiger partial charge is 0.259 e. The zero-order valence-electron chi connectivity index (χ0n) is 17.1. The molecule has 2 aromatic carbocycles. The number of thioether (sulfide) groups is 1. The Kier molecular flexibility index (Phi) is 6.36. The van der Waals surface area contributed by atoms with Gasteiger partial charge in [-0.25, -0.2) is 8.42 Å². The highest BCUT2D eigenvalue weighted by molar-refractivity contribution is 8.00. The number of benzene rings is 2. The summed E-state index contributed by atoms with van der Waals surface area (Å²) in [6, 6.07) is 12.2. The molecule has 1 saturated heterocycles. The van der Waals surface area contributed by atoms with Crippen LogP contribution >= 0.6 is 11.8 Å². The van der Waals surface area contributed by atoms with E-state index in [2.05, 4.69) is 0 Å². The van der Waals surface area contributed by atoms with Crippen LogP contribution in [-0.2, 0) is 21.2 Å². The van der Waals surface area contributed by atoms with Crippen molar-refractivity contribution in [1.29, 1.82) is 0 Å². The zero-order chi connectivity index (χ0) is 22.0. The van der Waals surface area contributed by atoms with Crippen LogP contribution in [0.5, 0.6) is 0 Å². The summed E-state index contributed by atoms with van der Waals surface area (Å²) in [6.07, 6.45) is 3.44. The van der Waals surface area contributed by atoms with Crippen molar-refractivity contribution < 1.29 is 18.0 Å². The number of fused-ring (bicyclic) bond motifs is 1. The Morgan fingerprint density at radius 3 is 2.48 bits per heavy atom. The number of sulfonamides is 1. The number of piperidine rings is 1. The maximum absolute atomic E-state index is 13.3. The summed E-state index contributed by atoms with van der Waals surface area (Å²) in [5.74, 6) is -0.516. The molecule has 0 aromatic heterocycles. The summed E-state index contributed by atoms with van der Waals surface area (Å²) in [4.78, 5) is 27.1. The minimum atomic E-state index is -3.51. The first-order chi connectivity index (χ1) is 14.9. The van der Waals surface area contributed by atoms with Gasteiger partial charge in [-0.15, -0.1) is 11.8 Å². The largest absolute Gasteiger partial charge is 0.369 e. The van der Waals surface area contributed by atoms with E-state index in [0.717, 1.165) is 30.5 Å². The van der Waals surface area contributed by atoms with Crippen LogP contribution in [-0.4, -0.2) is 49.9 Å². The van der Waals surface area contributed by atoms with Crippen molar-refractivity contribution in [3.8, 4) is 0 Å². The zero-order valence-corrected chi connectivity index (χ0v) is 18.8. The highest BCUT2D eigenvalue weighted by atomic mass is 32.2. The molecular formula is C22H25N3O4S2. The molecule has 2 aliphatic heterocycles. The summed E-state index contributed by atoms with van der Waals surface area (Å²) in [6.45, 7) is 1.60. The summed E-state index contributed by atoms with van der Waals surface area (Å²) in [5, 5.41) is 0. The Morgan fingerprint density at radius 1 is 1.00 bits per heavy atom. The van der Waals surface area contributed by atoms with Crippen LogP contribution in [0.4, 0.5) is 5.69 Å². The molecule has 0 saturated carbocycles. The van der Waals surface area contributed by atoms with Crippen LogP contribution in [0.1, 0.15) is 35.2 Å². The maximum Gasteiger partial charge on any atom is 0.259 e. The van der Waals surface area contributed by atoms with E-state index in [0.29, 0.717) is 41.4 Å². The fourth-order valence-electron chi connectivity index (χ4n) is 4.07. The first-order valence-corrected chi connectivity index (χ1v) is 12.8. The molecular weight excluding hydrogens is 434 g/mol. The molecule has 0 spiro atoms. The van der Waals surface area contributed by atoms with Gasteiger partial charge in [0, 0.05) is 30.2 Å². The molecule has 2 aliphatic rings. The Balaban J connectivity index is 1.59. The van der Waals surface area contributed by atoms with Crippen molar-refractivity contribution in [2.75, 3.05) is 30.3 Å². The van der Waals surface area contributed by atoms with Crippen LogP contribution in [0.15, 0.2) is 52.3 Å². The first kappa shape index (κ1) is 21.9. The average Bonchev–Trinajstić information content (AvgIpc) is 3.21. The Bertz CT molecular complexity index is 1110. The topological polar surface area (TPSA) is 101 Å². The number of carbonyl (C=O) groups is 2. The molecule has 0 atom stereocenters. The standard InChI is InChI=1S/C22H25N3O4S2/c23-21(26)15-30-20-7-3-2-6-18(20)22(27)25-13-10-16-14-17(8-9-19(16)25)31(28,29)24-11-4-1-5-12-24/h2-3,6-9,14H,1,4-5,10-13,15H2,(H2,23,26). The van der Waals surface area contributed by atoms with Crippen LogP contribution in [0, 0.1) is 0 Å². The van der Waals surface area contributed by atoms with Crippen LogP contribution in [0.2, 0.25) is 0 Å². The van der Waals surface area contributed by atoms with E-state index in [4.69, 9.17) is 5.73 Å². The SMILES string of the molecule is NC(=O)CSc1ccccc1C(=O)N1CCc2cc(S(=O)(=O)N3CCCCC3)ccc21. The molecule has 2 heterocycles. The Morgan fingerprint density at radius 2 is 1.74 bits per heavy atom. The summed E-state index contributed by atoms with van der Waals surface area (Å²) in [5.41, 5.74) is 7.34. The lowest BCUT2D eigenvalue weighted by atomic mass is 10.1. The van der Waals surface area contributed by atoms with Crippen LogP contribution in [0.25, 0.3) is 0 Å². The minimum Gasteiger partial charge on any atom is -0.369 e. The van der Waals surface area contributed by atoms with Crippen molar-refractivity contribution in [1.82, 2.24) is 4.31 Å². The van der Waals surface area contributed by atoms with Crippen molar-refractivity contribution in [2.24, 2.45) is 5.73 Å². The van der Waals surface area contributed by atoms with Gasteiger partial charge in [0.05, 0.1) is 16.2 Å². The van der Waals surface area contributed by atoms with Gasteiger partial charge in [-0.2, -0.15) is 4.31 Å². The first-order valence-electron chi connectivity index (χ1n) is 10.3. The summed E-state index contributed by atoms with van der Waals surface area (Å²) >= 11 is 1.24. The molecule has 4 rings (SSSR count). The predicted octanol–water partition coefficient (Wildman–Crippen LogP) is 2.64. The van der Waals surface area contributed by atoms with E-state index in [1.807, 2.05) is 6.07 Å². The van der Waals surface area contributed by atoms with E-state index in [1.54, 1.807) is 45.6 Å². The number of nitrogens with two attached hydrogens (primary N) is 1. The van der Waals surface area contributed by atoms with E-state index in [-0.39, 0.29) is 11.7 Å². The number of hydrogen-bond acceptors (Lipinski definition) is 5. The highest BCUT2D eigenvalue weighted by Gasteiger charge is 2.31. The number of amides is 2. The van der Waals surface area contributed by atoms with Gasteiger partial charge in [-0.05, 0) is 55.2 Å². The molecule has 2 aromatic rings. The van der Waals surface area contributed by atoms with Crippen LogP contribution < -0.4 is 10.6 Å². The number of rotatable bonds is 6. The predicted molar refractivity (Wildman–Crippen MR) is 121 cm³/mol. The monoisotopic (exact) mass is 459 g/mol. The Labute approximate surface area is 186 Å². The third kappa shape index (κ3) is 4.49. The molecule has 0 radical (unpaired) electrons. The molecule has 164 valence electrons. The number of hydrogen-bond donors (Lipinski definition) is 1. The van der Waals surface area contributed by atoms with Gasteiger partial charge >= 0.3 is 0 Å². The van der Waals surface area contributed by atoms with Crippen LogP contribution in [0.3, 0.4) is 0 Å². The minimum absolute atomic E-state index is 0.0958. The van der Waals surface area contributed by atoms with Gasteiger partial charge in [-0.3, -0.25) is 9.59 Å². The van der Waals surface area contributed by atoms with Gasteiger partial charge in [0.25, 0.3) is 5.91 Å². The van der Waals surface area contributed by atoms with Gasteiger partial charge in [0.2, 0.25) is 15.9 Å². The second kappa shape index (κ2) is 9.02. The lowest BCUT2D eigenvalue weighted by Gasteiger charge is -2.26. The average molecular weight is 460 g/mol. The van der Waals surface area contributed by atoms with Gasteiger partial charge in [-0.1, -0.05) is 18.6 Å². The molecule has 0 aliphatic carbocycles. The second-order valence-electron chi connectivity index (χ2n) is 7.71. The van der Waals surface area contributed by atoms with E-state index < -0.39 is 15.9 Å². The van der Waals surface area contributed by atoms with Gasteiger partial charge in [0.1, 0.15) is 0 Å². The fraction of sp³-hybridized carbons (Fsp3) is 0.364. The second-order valence-corrected chi connectivity index (χ2v) is 10.7. The molecule has 7 nitrogen and oxygen atoms in total. The Hall–Kier alpha value is -2.36. The number of nitrogens with zero attached hydrogens (tertiary/aromatic N) is 2. The summed E-state index contributed by atoms with van der Waals surface area (Å²) < 4.78 is 27.6. The van der Waals surface area contributed by atoms with E-state index in [9.17, 15) is 18.0 Å². The van der Waals surface area contributed by atoms with E-state index in [1.165, 1.54) is 11.8 Å². The number of anilines is 1. The number of carbonyl (C=O) groups excluding carboxylic acids is 2. The normalized spacial score (nSPS) is 16.8. The fourth-order valence-corrected chi connectivity index (χ4v) is 6.42. The molecule has 0 bridgehead atoms. The lowest BCUT2D eigenvalue weighted by Crippen LogP contribution is -2.35. The molecule has 2 amide bonds. The molecule has 2 N–H and O–H groups in total. The summed E-state index contributed by atoms with van der Waals surface area (Å²) in [7, 11) is -3.51. The third-order valence-electron chi connectivity index (χ3n) is 5.63. The van der Waals surface area contributed by atoms with Crippen molar-refractivity contribution in [3.05, 3.63) is 53.6 Å². The van der Waals surface area contributed by atoms with E-state index >= 15 is 0 Å². The van der Waals surface area contributed by atoms with Crippen molar-refractivity contribution >= 4 is 39.3 Å². The number of primary amides is 1.